The number of hydrogen-bond donors (Lipinski definition) is 2. The van der Waals surface area contributed by atoms with Gasteiger partial charge in [-0.1, -0.05) is 19.1 Å². The monoisotopic (exact) mass is 352 g/mol. The number of nitrogens with one attached hydrogen (secondary N) is 1. The minimum absolute atomic E-state index is 0.127. The van der Waals surface area contributed by atoms with Crippen molar-refractivity contribution in [1.29, 1.82) is 0 Å². The molecule has 1 aromatic carbocycles. The van der Waals surface area contributed by atoms with Crippen LogP contribution in [0.2, 0.25) is 0 Å². The summed E-state index contributed by atoms with van der Waals surface area (Å²) in [5.41, 5.74) is 6.08. The Morgan fingerprint density at radius 1 is 1.48 bits per heavy atom. The highest BCUT2D eigenvalue weighted by Gasteiger charge is 2.21. The number of benzene rings is 1. The summed E-state index contributed by atoms with van der Waals surface area (Å²) in [6.07, 6.45) is 2.83. The van der Waals surface area contributed by atoms with E-state index in [1.165, 1.54) is 0 Å². The quantitative estimate of drug-likeness (QED) is 0.619. The summed E-state index contributed by atoms with van der Waals surface area (Å²) >= 11 is 3.57. The predicted molar refractivity (Wildman–Crippen MR) is 87.1 cm³/mol. The molecule has 1 aromatic heterocycles. The Bertz CT molecular complexity index is 612. The van der Waals surface area contributed by atoms with Gasteiger partial charge in [0.25, 0.3) is 0 Å². The molecule has 0 aliphatic carbocycles. The zero-order valence-corrected chi connectivity index (χ0v) is 14.1. The van der Waals surface area contributed by atoms with Gasteiger partial charge < -0.3 is 4.74 Å². The van der Waals surface area contributed by atoms with Crippen LogP contribution in [-0.4, -0.2) is 16.9 Å². The van der Waals surface area contributed by atoms with Gasteiger partial charge in [0, 0.05) is 6.54 Å². The molecular formula is C15H21BrN4O. The Hall–Kier alpha value is -1.37. The van der Waals surface area contributed by atoms with Crippen LogP contribution in [0.1, 0.15) is 36.2 Å². The topological polar surface area (TPSA) is 65.1 Å². The Kier molecular flexibility index (Phi) is 5.39. The molecule has 0 saturated carbocycles. The second-order valence-electron chi connectivity index (χ2n) is 4.93. The predicted octanol–water partition coefficient (Wildman–Crippen LogP) is 2.93. The summed E-state index contributed by atoms with van der Waals surface area (Å²) in [5.74, 6) is 6.68. The van der Waals surface area contributed by atoms with Crippen LogP contribution >= 0.6 is 15.9 Å². The van der Waals surface area contributed by atoms with E-state index in [1.807, 2.05) is 29.9 Å². The molecule has 0 saturated heterocycles. The molecule has 0 radical (unpaired) electrons. The van der Waals surface area contributed by atoms with Crippen molar-refractivity contribution in [3.63, 3.8) is 0 Å². The first kappa shape index (κ1) is 16.0. The van der Waals surface area contributed by atoms with Gasteiger partial charge in [-0.15, -0.1) is 0 Å². The van der Waals surface area contributed by atoms with Gasteiger partial charge in [-0.3, -0.25) is 10.5 Å². The Balaban J connectivity index is 2.44. The molecule has 1 heterocycles. The molecule has 3 N–H and O–H groups in total. The first-order valence-electron chi connectivity index (χ1n) is 6.94. The van der Waals surface area contributed by atoms with Crippen LogP contribution in [0, 0.1) is 6.92 Å². The van der Waals surface area contributed by atoms with E-state index < -0.39 is 0 Å². The third-order valence-corrected chi connectivity index (χ3v) is 4.07. The molecule has 0 spiro atoms. The lowest BCUT2D eigenvalue weighted by molar-refractivity contribution is 0.411. The molecule has 0 aliphatic heterocycles. The fraction of sp³-hybridized carbons (Fsp3) is 0.400. The maximum Gasteiger partial charge on any atom is 0.121 e. The highest BCUT2D eigenvalue weighted by atomic mass is 79.9. The molecule has 21 heavy (non-hydrogen) atoms. The number of ether oxygens (including phenoxy) is 1. The number of aryl methyl sites for hydroxylation is 2. The van der Waals surface area contributed by atoms with E-state index in [1.54, 1.807) is 7.11 Å². The average molecular weight is 353 g/mol. The van der Waals surface area contributed by atoms with Gasteiger partial charge in [-0.25, -0.2) is 5.43 Å². The van der Waals surface area contributed by atoms with Crippen LogP contribution in [0.4, 0.5) is 0 Å². The minimum Gasteiger partial charge on any atom is -0.496 e. The second kappa shape index (κ2) is 7.06. The van der Waals surface area contributed by atoms with E-state index in [9.17, 15) is 0 Å². The Morgan fingerprint density at radius 3 is 2.81 bits per heavy atom. The van der Waals surface area contributed by atoms with Crippen LogP contribution in [0.15, 0.2) is 28.9 Å². The molecule has 0 bridgehead atoms. The van der Waals surface area contributed by atoms with Gasteiger partial charge in [0.2, 0.25) is 0 Å². The summed E-state index contributed by atoms with van der Waals surface area (Å²) in [6, 6.07) is 5.94. The van der Waals surface area contributed by atoms with E-state index in [0.29, 0.717) is 0 Å². The number of halogens is 1. The van der Waals surface area contributed by atoms with Gasteiger partial charge >= 0.3 is 0 Å². The van der Waals surface area contributed by atoms with Crippen LogP contribution in [0.3, 0.4) is 0 Å². The standard InChI is InChI=1S/C15H21BrN4O/c1-4-7-20-15(12(16)9-18-20)14(19-17)11-5-6-13(21-3)10(2)8-11/h5-6,8-9,14,19H,4,7,17H2,1-3H3. The summed E-state index contributed by atoms with van der Waals surface area (Å²) in [4.78, 5) is 0. The lowest BCUT2D eigenvalue weighted by Crippen LogP contribution is -2.31. The molecule has 2 rings (SSSR count). The smallest absolute Gasteiger partial charge is 0.121 e. The number of aromatic nitrogens is 2. The van der Waals surface area contributed by atoms with Crippen molar-refractivity contribution in [2.24, 2.45) is 5.84 Å². The van der Waals surface area contributed by atoms with E-state index in [4.69, 9.17) is 10.6 Å². The zero-order valence-electron chi connectivity index (χ0n) is 12.6. The zero-order chi connectivity index (χ0) is 15.4. The van der Waals surface area contributed by atoms with Gasteiger partial charge in [0.15, 0.2) is 0 Å². The maximum atomic E-state index is 5.81. The van der Waals surface area contributed by atoms with E-state index in [-0.39, 0.29) is 6.04 Å². The van der Waals surface area contributed by atoms with E-state index >= 15 is 0 Å². The van der Waals surface area contributed by atoms with Crippen molar-refractivity contribution in [3.05, 3.63) is 45.7 Å². The number of nitrogens with zero attached hydrogens (tertiary/aromatic N) is 2. The molecule has 6 heteroatoms. The highest BCUT2D eigenvalue weighted by Crippen LogP contribution is 2.30. The number of hydrogen-bond acceptors (Lipinski definition) is 4. The van der Waals surface area contributed by atoms with Crippen molar-refractivity contribution >= 4 is 15.9 Å². The number of hydrazine groups is 1. The molecule has 0 fully saturated rings. The lowest BCUT2D eigenvalue weighted by atomic mass is 10.0. The molecule has 0 aliphatic rings. The second-order valence-corrected chi connectivity index (χ2v) is 5.78. The number of rotatable bonds is 6. The highest BCUT2D eigenvalue weighted by molar-refractivity contribution is 9.10. The summed E-state index contributed by atoms with van der Waals surface area (Å²) in [5, 5.41) is 4.41. The van der Waals surface area contributed by atoms with Crippen molar-refractivity contribution in [3.8, 4) is 5.75 Å². The van der Waals surface area contributed by atoms with Crippen LogP contribution in [-0.2, 0) is 6.54 Å². The van der Waals surface area contributed by atoms with Gasteiger partial charge in [0.05, 0.1) is 29.5 Å². The third-order valence-electron chi connectivity index (χ3n) is 3.46. The lowest BCUT2D eigenvalue weighted by Gasteiger charge is -2.20. The summed E-state index contributed by atoms with van der Waals surface area (Å²) < 4.78 is 8.24. The number of methoxy groups -OCH3 is 1. The Morgan fingerprint density at radius 2 is 2.24 bits per heavy atom. The largest absolute Gasteiger partial charge is 0.496 e. The van der Waals surface area contributed by atoms with Crippen molar-refractivity contribution in [1.82, 2.24) is 15.2 Å². The normalized spacial score (nSPS) is 12.4. The first-order chi connectivity index (χ1) is 10.1. The van der Waals surface area contributed by atoms with Crippen molar-refractivity contribution < 1.29 is 4.74 Å². The van der Waals surface area contributed by atoms with Crippen LogP contribution in [0.5, 0.6) is 5.75 Å². The molecule has 1 atom stereocenters. The van der Waals surface area contributed by atoms with Crippen molar-refractivity contribution in [2.75, 3.05) is 7.11 Å². The fourth-order valence-electron chi connectivity index (χ4n) is 2.46. The molecule has 0 amide bonds. The third kappa shape index (κ3) is 3.28. The van der Waals surface area contributed by atoms with E-state index in [2.05, 4.69) is 39.4 Å². The summed E-state index contributed by atoms with van der Waals surface area (Å²) in [7, 11) is 1.67. The van der Waals surface area contributed by atoms with E-state index in [0.717, 1.165) is 40.0 Å². The fourth-order valence-corrected chi connectivity index (χ4v) is 2.99. The minimum atomic E-state index is -0.127. The average Bonchev–Trinajstić information content (AvgIpc) is 2.82. The first-order valence-corrected chi connectivity index (χ1v) is 7.73. The molecule has 114 valence electrons. The maximum absolute atomic E-state index is 5.81. The van der Waals surface area contributed by atoms with Gasteiger partial charge in [-0.2, -0.15) is 5.10 Å². The van der Waals surface area contributed by atoms with Crippen molar-refractivity contribution in [2.45, 2.75) is 32.9 Å². The molecule has 2 aromatic rings. The summed E-state index contributed by atoms with van der Waals surface area (Å²) in [6.45, 7) is 5.00. The number of nitrogens with two attached hydrogens (primary N) is 1. The molecule has 1 unspecified atom stereocenters. The van der Waals surface area contributed by atoms with Gasteiger partial charge in [0.1, 0.15) is 5.75 Å². The van der Waals surface area contributed by atoms with Gasteiger partial charge in [-0.05, 0) is 46.5 Å². The van der Waals surface area contributed by atoms with Crippen LogP contribution < -0.4 is 16.0 Å². The molecule has 5 nitrogen and oxygen atoms in total. The Labute approximate surface area is 133 Å². The van der Waals surface area contributed by atoms with Crippen LogP contribution in [0.25, 0.3) is 0 Å². The SMILES string of the molecule is CCCn1ncc(Br)c1C(NN)c1ccc(OC)c(C)c1. The molecular weight excluding hydrogens is 332 g/mol.